The quantitative estimate of drug-likeness (QED) is 0.920. The number of nitrogens with zero attached hydrogens (tertiary/aromatic N) is 2. The van der Waals surface area contributed by atoms with Crippen molar-refractivity contribution in [1.82, 2.24) is 15.3 Å². The molecule has 1 aliphatic heterocycles. The van der Waals surface area contributed by atoms with Crippen molar-refractivity contribution in [2.24, 2.45) is 0 Å². The summed E-state index contributed by atoms with van der Waals surface area (Å²) in [6, 6.07) is 0. The van der Waals surface area contributed by atoms with Crippen LogP contribution >= 0.6 is 11.8 Å². The van der Waals surface area contributed by atoms with Gasteiger partial charge in [0, 0.05) is 29.8 Å². The minimum atomic E-state index is 0.741. The molecule has 4 heteroatoms. The molecule has 2 fully saturated rings. The first-order valence-electron chi connectivity index (χ1n) is 8.11. The van der Waals surface area contributed by atoms with Crippen molar-refractivity contribution in [3.63, 3.8) is 0 Å². The number of hydrogen-bond donors (Lipinski definition) is 1. The number of fused-ring (bicyclic) bond motifs is 1. The third-order valence-electron chi connectivity index (χ3n) is 4.73. The van der Waals surface area contributed by atoms with Gasteiger partial charge >= 0.3 is 0 Å². The van der Waals surface area contributed by atoms with Crippen LogP contribution in [0.1, 0.15) is 73.6 Å². The lowest BCUT2D eigenvalue weighted by Crippen LogP contribution is -2.10. The van der Waals surface area contributed by atoms with Crippen LogP contribution in [0.2, 0.25) is 0 Å². The summed E-state index contributed by atoms with van der Waals surface area (Å²) < 4.78 is 0. The second-order valence-corrected chi connectivity index (χ2v) is 7.69. The molecule has 0 amide bonds. The molecule has 108 valence electrons. The first-order chi connectivity index (χ1) is 9.90. The summed E-state index contributed by atoms with van der Waals surface area (Å²) in [6.45, 7) is 1.93. The minimum absolute atomic E-state index is 0.741. The van der Waals surface area contributed by atoms with Gasteiger partial charge in [-0.15, -0.1) is 0 Å². The Kier molecular flexibility index (Phi) is 3.69. The molecule has 2 aliphatic carbocycles. The lowest BCUT2D eigenvalue weighted by atomic mass is 10.0. The van der Waals surface area contributed by atoms with Crippen molar-refractivity contribution >= 4 is 11.8 Å². The monoisotopic (exact) mass is 289 g/mol. The van der Waals surface area contributed by atoms with Crippen molar-refractivity contribution in [3.8, 4) is 0 Å². The summed E-state index contributed by atoms with van der Waals surface area (Å²) >= 11 is 2.09. The number of thioether (sulfide) groups is 1. The first kappa shape index (κ1) is 13.1. The smallest absolute Gasteiger partial charge is 0.138 e. The fourth-order valence-electron chi connectivity index (χ4n) is 3.43. The molecule has 4 rings (SSSR count). The van der Waals surface area contributed by atoms with Gasteiger partial charge in [0.1, 0.15) is 5.82 Å². The standard InChI is InChI=1S/C16H23N3S/c1-2-4-12(5-3-1)20-10-15-18-14-9-17-8-13(14)16(19-15)11-6-7-11/h11-12,17H,1-10H2. The van der Waals surface area contributed by atoms with Gasteiger partial charge in [0.25, 0.3) is 0 Å². The lowest BCUT2D eigenvalue weighted by molar-refractivity contribution is 0.516. The van der Waals surface area contributed by atoms with E-state index in [0.717, 1.165) is 35.8 Å². The maximum absolute atomic E-state index is 4.92. The third-order valence-corrected chi connectivity index (χ3v) is 6.10. The highest BCUT2D eigenvalue weighted by Gasteiger charge is 2.31. The molecule has 0 aromatic carbocycles. The number of hydrogen-bond acceptors (Lipinski definition) is 4. The molecule has 3 nitrogen and oxygen atoms in total. The second-order valence-electron chi connectivity index (χ2n) is 6.40. The fraction of sp³-hybridized carbons (Fsp3) is 0.750. The molecule has 0 radical (unpaired) electrons. The molecular formula is C16H23N3S. The van der Waals surface area contributed by atoms with Crippen molar-refractivity contribution in [3.05, 3.63) is 22.8 Å². The van der Waals surface area contributed by atoms with E-state index in [4.69, 9.17) is 9.97 Å². The summed E-state index contributed by atoms with van der Waals surface area (Å²) in [5.74, 6) is 2.84. The summed E-state index contributed by atoms with van der Waals surface area (Å²) in [7, 11) is 0. The van der Waals surface area contributed by atoms with Gasteiger partial charge in [-0.05, 0) is 25.7 Å². The van der Waals surface area contributed by atoms with Crippen LogP contribution in [0.15, 0.2) is 0 Å². The topological polar surface area (TPSA) is 37.8 Å². The van der Waals surface area contributed by atoms with Crippen LogP contribution in [0, 0.1) is 0 Å². The number of rotatable bonds is 4. The van der Waals surface area contributed by atoms with Crippen LogP contribution in [-0.2, 0) is 18.8 Å². The predicted octanol–water partition coefficient (Wildman–Crippen LogP) is 3.52. The van der Waals surface area contributed by atoms with E-state index in [1.807, 2.05) is 0 Å². The minimum Gasteiger partial charge on any atom is -0.307 e. The Balaban J connectivity index is 1.48. The van der Waals surface area contributed by atoms with Crippen LogP contribution in [-0.4, -0.2) is 15.2 Å². The predicted molar refractivity (Wildman–Crippen MR) is 82.7 cm³/mol. The van der Waals surface area contributed by atoms with Gasteiger partial charge in [-0.3, -0.25) is 0 Å². The van der Waals surface area contributed by atoms with E-state index in [0.29, 0.717) is 0 Å². The molecule has 20 heavy (non-hydrogen) atoms. The third kappa shape index (κ3) is 2.73. The van der Waals surface area contributed by atoms with Gasteiger partial charge in [0.2, 0.25) is 0 Å². The lowest BCUT2D eigenvalue weighted by Gasteiger charge is -2.20. The first-order valence-corrected chi connectivity index (χ1v) is 9.16. The molecule has 1 aromatic heterocycles. The van der Waals surface area contributed by atoms with E-state index in [2.05, 4.69) is 17.1 Å². The van der Waals surface area contributed by atoms with Gasteiger partial charge in [0.05, 0.1) is 17.1 Å². The zero-order chi connectivity index (χ0) is 13.4. The van der Waals surface area contributed by atoms with Crippen molar-refractivity contribution < 1.29 is 0 Å². The molecule has 2 heterocycles. The van der Waals surface area contributed by atoms with Gasteiger partial charge in [-0.25, -0.2) is 9.97 Å². The Hall–Kier alpha value is -0.610. The molecule has 0 atom stereocenters. The van der Waals surface area contributed by atoms with E-state index < -0.39 is 0 Å². The van der Waals surface area contributed by atoms with Crippen LogP contribution in [0.3, 0.4) is 0 Å². The molecule has 1 N–H and O–H groups in total. The molecular weight excluding hydrogens is 266 g/mol. The maximum Gasteiger partial charge on any atom is 0.138 e. The Morgan fingerprint density at radius 1 is 1.00 bits per heavy atom. The van der Waals surface area contributed by atoms with Crippen molar-refractivity contribution in [1.29, 1.82) is 0 Å². The van der Waals surface area contributed by atoms with Crippen LogP contribution in [0.4, 0.5) is 0 Å². The fourth-order valence-corrected chi connectivity index (χ4v) is 4.61. The summed E-state index contributed by atoms with van der Waals surface area (Å²) in [5, 5.41) is 4.28. The van der Waals surface area contributed by atoms with E-state index in [1.165, 1.54) is 61.9 Å². The van der Waals surface area contributed by atoms with Crippen molar-refractivity contribution in [2.45, 2.75) is 75.0 Å². The Morgan fingerprint density at radius 3 is 2.65 bits per heavy atom. The SMILES string of the molecule is C1CCC(SCc2nc3c(c(C4CC4)n2)CNC3)CC1. The van der Waals surface area contributed by atoms with E-state index in [1.54, 1.807) is 0 Å². The van der Waals surface area contributed by atoms with Crippen molar-refractivity contribution in [2.75, 3.05) is 0 Å². The van der Waals surface area contributed by atoms with Gasteiger partial charge in [-0.1, -0.05) is 19.3 Å². The van der Waals surface area contributed by atoms with Gasteiger partial charge in [-0.2, -0.15) is 11.8 Å². The number of nitrogens with one attached hydrogen (secondary N) is 1. The normalized spacial score (nSPS) is 23.0. The average molecular weight is 289 g/mol. The maximum atomic E-state index is 4.92. The Labute approximate surface area is 125 Å². The number of aromatic nitrogens is 2. The molecule has 3 aliphatic rings. The average Bonchev–Trinajstić information content (AvgIpc) is 3.23. The summed E-state index contributed by atoms with van der Waals surface area (Å²) in [4.78, 5) is 9.73. The second kappa shape index (κ2) is 5.64. The molecule has 0 spiro atoms. The highest BCUT2D eigenvalue weighted by molar-refractivity contribution is 7.99. The largest absolute Gasteiger partial charge is 0.307 e. The summed E-state index contributed by atoms with van der Waals surface area (Å²) in [5.41, 5.74) is 4.07. The van der Waals surface area contributed by atoms with Crippen LogP contribution < -0.4 is 5.32 Å². The van der Waals surface area contributed by atoms with Gasteiger partial charge < -0.3 is 5.32 Å². The highest BCUT2D eigenvalue weighted by Crippen LogP contribution is 2.42. The summed E-state index contributed by atoms with van der Waals surface area (Å²) in [6.07, 6.45) is 9.72. The van der Waals surface area contributed by atoms with Crippen LogP contribution in [0.5, 0.6) is 0 Å². The molecule has 2 saturated carbocycles. The molecule has 0 saturated heterocycles. The zero-order valence-electron chi connectivity index (χ0n) is 12.0. The molecule has 0 unspecified atom stereocenters. The Morgan fingerprint density at radius 2 is 1.85 bits per heavy atom. The van der Waals surface area contributed by atoms with Gasteiger partial charge in [0.15, 0.2) is 0 Å². The molecule has 0 bridgehead atoms. The zero-order valence-corrected chi connectivity index (χ0v) is 12.8. The Bertz CT molecular complexity index is 493. The molecule has 1 aromatic rings. The highest BCUT2D eigenvalue weighted by atomic mass is 32.2. The van der Waals surface area contributed by atoms with E-state index in [-0.39, 0.29) is 0 Å². The van der Waals surface area contributed by atoms with E-state index >= 15 is 0 Å². The van der Waals surface area contributed by atoms with E-state index in [9.17, 15) is 0 Å². The van der Waals surface area contributed by atoms with Crippen LogP contribution in [0.25, 0.3) is 0 Å².